The van der Waals surface area contributed by atoms with Gasteiger partial charge in [-0.2, -0.15) is 0 Å². The van der Waals surface area contributed by atoms with E-state index in [1.807, 2.05) is 0 Å². The molecule has 0 aromatic heterocycles. The van der Waals surface area contributed by atoms with Gasteiger partial charge in [-0.3, -0.25) is 14.6 Å². The molecule has 2 aliphatic rings. The number of aliphatic carboxylic acids is 1. The number of hydrogen-bond acceptors (Lipinski definition) is 3. The average molecular weight is 254 g/mol. The monoisotopic (exact) mass is 254 g/mol. The van der Waals surface area contributed by atoms with E-state index in [-0.39, 0.29) is 6.04 Å². The van der Waals surface area contributed by atoms with Gasteiger partial charge in [-0.1, -0.05) is 13.8 Å². The molecule has 4 heteroatoms. The highest BCUT2D eigenvalue weighted by Gasteiger charge is 2.36. The van der Waals surface area contributed by atoms with Crippen LogP contribution in [0.1, 0.15) is 40.0 Å². The van der Waals surface area contributed by atoms with Crippen molar-refractivity contribution < 1.29 is 9.90 Å². The predicted molar refractivity (Wildman–Crippen MR) is 71.7 cm³/mol. The normalized spacial score (nSPS) is 31.4. The summed E-state index contributed by atoms with van der Waals surface area (Å²) >= 11 is 0. The van der Waals surface area contributed by atoms with Gasteiger partial charge in [0.1, 0.15) is 6.04 Å². The summed E-state index contributed by atoms with van der Waals surface area (Å²) in [7, 11) is 0. The van der Waals surface area contributed by atoms with Crippen LogP contribution in [0, 0.1) is 5.41 Å². The van der Waals surface area contributed by atoms with Gasteiger partial charge in [-0.25, -0.2) is 0 Å². The van der Waals surface area contributed by atoms with E-state index in [4.69, 9.17) is 5.11 Å². The van der Waals surface area contributed by atoms with Gasteiger partial charge in [0, 0.05) is 32.2 Å². The topological polar surface area (TPSA) is 43.8 Å². The molecule has 2 atom stereocenters. The lowest BCUT2D eigenvalue weighted by molar-refractivity contribution is -0.143. The third-order valence-corrected chi connectivity index (χ3v) is 4.71. The molecule has 1 N–H and O–H groups in total. The maximum absolute atomic E-state index is 11.0. The molecule has 0 radical (unpaired) electrons. The van der Waals surface area contributed by atoms with Crippen molar-refractivity contribution in [3.05, 3.63) is 0 Å². The Kier molecular flexibility index (Phi) is 3.97. The van der Waals surface area contributed by atoms with E-state index >= 15 is 0 Å². The van der Waals surface area contributed by atoms with Crippen LogP contribution in [0.25, 0.3) is 0 Å². The Labute approximate surface area is 110 Å². The highest BCUT2D eigenvalue weighted by atomic mass is 16.4. The average Bonchev–Trinajstić information content (AvgIpc) is 2.69. The molecule has 2 rings (SSSR count). The fraction of sp³-hybridized carbons (Fsp3) is 0.929. The molecular formula is C14H26N2O2. The standard InChI is InChI=1S/C14H26N2O2/c1-11(13(17)18)15-6-8-16(9-7-15)12-4-5-14(2,3)10-12/h11-12H,4-10H2,1-3H3,(H,17,18). The van der Waals surface area contributed by atoms with Crippen LogP contribution in [0.5, 0.6) is 0 Å². The van der Waals surface area contributed by atoms with Gasteiger partial charge < -0.3 is 5.11 Å². The van der Waals surface area contributed by atoms with Crippen molar-refractivity contribution in [2.45, 2.75) is 52.1 Å². The largest absolute Gasteiger partial charge is 0.480 e. The zero-order chi connectivity index (χ0) is 13.3. The number of carbonyl (C=O) groups is 1. The van der Waals surface area contributed by atoms with Gasteiger partial charge in [0.15, 0.2) is 0 Å². The van der Waals surface area contributed by atoms with Gasteiger partial charge in [-0.05, 0) is 31.6 Å². The molecule has 0 spiro atoms. The molecule has 1 saturated heterocycles. The summed E-state index contributed by atoms with van der Waals surface area (Å²) < 4.78 is 0. The molecule has 2 unspecified atom stereocenters. The number of carboxylic acids is 1. The van der Waals surface area contributed by atoms with Crippen molar-refractivity contribution in [1.82, 2.24) is 9.80 Å². The molecule has 0 amide bonds. The minimum Gasteiger partial charge on any atom is -0.480 e. The van der Waals surface area contributed by atoms with Crippen molar-refractivity contribution in [1.29, 1.82) is 0 Å². The van der Waals surface area contributed by atoms with Crippen molar-refractivity contribution >= 4 is 5.97 Å². The number of piperazine rings is 1. The first-order valence-electron chi connectivity index (χ1n) is 7.10. The molecule has 1 aliphatic carbocycles. The first kappa shape index (κ1) is 13.8. The van der Waals surface area contributed by atoms with Crippen LogP contribution < -0.4 is 0 Å². The second-order valence-electron chi connectivity index (χ2n) is 6.65. The third-order valence-electron chi connectivity index (χ3n) is 4.71. The van der Waals surface area contributed by atoms with E-state index in [1.165, 1.54) is 19.3 Å². The van der Waals surface area contributed by atoms with Crippen molar-refractivity contribution in [2.75, 3.05) is 26.2 Å². The zero-order valence-corrected chi connectivity index (χ0v) is 11.9. The summed E-state index contributed by atoms with van der Waals surface area (Å²) in [5.74, 6) is -0.703. The molecule has 1 aliphatic heterocycles. The summed E-state index contributed by atoms with van der Waals surface area (Å²) in [5.41, 5.74) is 0.496. The Bertz CT molecular complexity index is 309. The van der Waals surface area contributed by atoms with Crippen LogP contribution in [0.4, 0.5) is 0 Å². The smallest absolute Gasteiger partial charge is 0.320 e. The second-order valence-corrected chi connectivity index (χ2v) is 6.65. The lowest BCUT2D eigenvalue weighted by Crippen LogP contribution is -2.53. The summed E-state index contributed by atoms with van der Waals surface area (Å²) in [6.07, 6.45) is 3.92. The molecule has 1 saturated carbocycles. The van der Waals surface area contributed by atoms with Crippen LogP contribution in [-0.4, -0.2) is 59.1 Å². The van der Waals surface area contributed by atoms with E-state index < -0.39 is 5.97 Å². The van der Waals surface area contributed by atoms with Crippen molar-refractivity contribution in [3.63, 3.8) is 0 Å². The first-order valence-corrected chi connectivity index (χ1v) is 7.10. The van der Waals surface area contributed by atoms with Crippen LogP contribution >= 0.6 is 0 Å². The van der Waals surface area contributed by atoms with Gasteiger partial charge in [-0.15, -0.1) is 0 Å². The lowest BCUT2D eigenvalue weighted by atomic mass is 9.91. The predicted octanol–water partition coefficient (Wildman–Crippen LogP) is 1.66. The fourth-order valence-corrected chi connectivity index (χ4v) is 3.36. The van der Waals surface area contributed by atoms with Gasteiger partial charge in [0.2, 0.25) is 0 Å². The highest BCUT2D eigenvalue weighted by molar-refractivity contribution is 5.72. The minimum absolute atomic E-state index is 0.341. The third kappa shape index (κ3) is 3.04. The molecule has 1 heterocycles. The fourth-order valence-electron chi connectivity index (χ4n) is 3.36. The highest BCUT2D eigenvalue weighted by Crippen LogP contribution is 2.39. The molecule has 0 bridgehead atoms. The van der Waals surface area contributed by atoms with E-state index in [2.05, 4.69) is 23.6 Å². The Morgan fingerprint density at radius 3 is 2.33 bits per heavy atom. The molecule has 18 heavy (non-hydrogen) atoms. The molecule has 2 fully saturated rings. The molecule has 0 aromatic carbocycles. The first-order chi connectivity index (χ1) is 8.39. The molecule has 0 aromatic rings. The van der Waals surface area contributed by atoms with E-state index in [0.717, 1.165) is 32.2 Å². The molecule has 104 valence electrons. The Morgan fingerprint density at radius 2 is 1.89 bits per heavy atom. The summed E-state index contributed by atoms with van der Waals surface area (Å²) in [5, 5.41) is 9.03. The van der Waals surface area contributed by atoms with Crippen molar-refractivity contribution in [2.24, 2.45) is 5.41 Å². The Morgan fingerprint density at radius 1 is 1.28 bits per heavy atom. The summed E-state index contributed by atoms with van der Waals surface area (Å²) in [6, 6.07) is 0.384. The van der Waals surface area contributed by atoms with Gasteiger partial charge in [0.05, 0.1) is 0 Å². The van der Waals surface area contributed by atoms with E-state index in [0.29, 0.717) is 5.41 Å². The molecule has 4 nitrogen and oxygen atoms in total. The van der Waals surface area contributed by atoms with Crippen molar-refractivity contribution in [3.8, 4) is 0 Å². The summed E-state index contributed by atoms with van der Waals surface area (Å²) in [6.45, 7) is 10.3. The van der Waals surface area contributed by atoms with Crippen LogP contribution in [0.15, 0.2) is 0 Å². The van der Waals surface area contributed by atoms with E-state index in [9.17, 15) is 4.79 Å². The van der Waals surface area contributed by atoms with Gasteiger partial charge in [0.25, 0.3) is 0 Å². The van der Waals surface area contributed by atoms with E-state index in [1.54, 1.807) is 6.92 Å². The number of nitrogens with zero attached hydrogens (tertiary/aromatic N) is 2. The van der Waals surface area contributed by atoms with Crippen LogP contribution in [-0.2, 0) is 4.79 Å². The quantitative estimate of drug-likeness (QED) is 0.832. The molecular weight excluding hydrogens is 228 g/mol. The number of carboxylic acid groups (broad SMARTS) is 1. The Hall–Kier alpha value is -0.610. The van der Waals surface area contributed by atoms with Crippen LogP contribution in [0.3, 0.4) is 0 Å². The number of hydrogen-bond donors (Lipinski definition) is 1. The SMILES string of the molecule is CC(C(=O)O)N1CCN(C2CCC(C)(C)C2)CC1. The number of rotatable bonds is 3. The minimum atomic E-state index is -0.703. The Balaban J connectivity index is 1.82. The summed E-state index contributed by atoms with van der Waals surface area (Å²) in [4.78, 5) is 15.6. The maximum atomic E-state index is 11.0. The zero-order valence-electron chi connectivity index (χ0n) is 11.9. The van der Waals surface area contributed by atoms with Gasteiger partial charge >= 0.3 is 5.97 Å². The maximum Gasteiger partial charge on any atom is 0.320 e. The lowest BCUT2D eigenvalue weighted by Gasteiger charge is -2.39. The van der Waals surface area contributed by atoms with Crippen LogP contribution in [0.2, 0.25) is 0 Å². The second kappa shape index (κ2) is 5.17.